The van der Waals surface area contributed by atoms with Crippen LogP contribution in [0.4, 0.5) is 5.69 Å². The molecule has 1 aliphatic rings. The predicted octanol–water partition coefficient (Wildman–Crippen LogP) is 2.26. The Morgan fingerprint density at radius 2 is 2.10 bits per heavy atom. The van der Waals surface area contributed by atoms with E-state index in [0.29, 0.717) is 16.6 Å². The van der Waals surface area contributed by atoms with E-state index < -0.39 is 0 Å². The summed E-state index contributed by atoms with van der Waals surface area (Å²) in [7, 11) is 2.10. The lowest BCUT2D eigenvalue weighted by Crippen LogP contribution is -2.51. The fraction of sp³-hybridized carbons (Fsp3) is 0.400. The fourth-order valence-corrected chi connectivity index (χ4v) is 3.69. The highest BCUT2D eigenvalue weighted by molar-refractivity contribution is 7.21. The zero-order chi connectivity index (χ0) is 14.3. The summed E-state index contributed by atoms with van der Waals surface area (Å²) < 4.78 is 1.08. The lowest BCUT2D eigenvalue weighted by molar-refractivity contribution is 0.0578. The van der Waals surface area contributed by atoms with E-state index in [0.717, 1.165) is 29.7 Å². The Labute approximate surface area is 122 Å². The molecular weight excluding hydrogens is 270 g/mol. The number of amides is 1. The molecule has 0 saturated carbocycles. The number of hydrogen-bond donors (Lipinski definition) is 1. The molecule has 1 unspecified atom stereocenters. The second-order valence-electron chi connectivity index (χ2n) is 5.42. The Kier molecular flexibility index (Phi) is 3.40. The highest BCUT2D eigenvalue weighted by atomic mass is 32.1. The minimum Gasteiger partial charge on any atom is -0.397 e. The number of nitrogens with two attached hydrogens (primary N) is 1. The quantitative estimate of drug-likeness (QED) is 0.876. The third kappa shape index (κ3) is 2.17. The normalized spacial score (nSPS) is 20.5. The highest BCUT2D eigenvalue weighted by Gasteiger charge is 2.27. The van der Waals surface area contributed by atoms with Gasteiger partial charge in [-0.1, -0.05) is 18.2 Å². The number of nitrogen functional groups attached to an aromatic ring is 1. The summed E-state index contributed by atoms with van der Waals surface area (Å²) in [5, 5.41) is 0.989. The van der Waals surface area contributed by atoms with E-state index >= 15 is 0 Å². The van der Waals surface area contributed by atoms with Gasteiger partial charge < -0.3 is 15.5 Å². The monoisotopic (exact) mass is 289 g/mol. The van der Waals surface area contributed by atoms with Crippen LogP contribution in [0, 0.1) is 0 Å². The van der Waals surface area contributed by atoms with Gasteiger partial charge in [0.05, 0.1) is 5.69 Å². The van der Waals surface area contributed by atoms with Crippen LogP contribution < -0.4 is 5.73 Å². The lowest BCUT2D eigenvalue weighted by Gasteiger charge is -2.37. The van der Waals surface area contributed by atoms with Crippen molar-refractivity contribution in [1.29, 1.82) is 0 Å². The van der Waals surface area contributed by atoms with Gasteiger partial charge in [-0.3, -0.25) is 4.79 Å². The molecule has 0 radical (unpaired) electrons. The molecule has 2 heterocycles. The van der Waals surface area contributed by atoms with Crippen LogP contribution in [-0.2, 0) is 0 Å². The number of rotatable bonds is 1. The molecule has 1 amide bonds. The molecule has 3 rings (SSSR count). The molecule has 1 atom stereocenters. The maximum Gasteiger partial charge on any atom is 0.266 e. The van der Waals surface area contributed by atoms with Crippen LogP contribution in [0.15, 0.2) is 24.3 Å². The highest BCUT2D eigenvalue weighted by Crippen LogP contribution is 2.34. The Bertz CT molecular complexity index is 652. The molecule has 1 saturated heterocycles. The molecule has 0 bridgehead atoms. The average Bonchev–Trinajstić information content (AvgIpc) is 2.79. The maximum atomic E-state index is 12.7. The zero-order valence-corrected chi connectivity index (χ0v) is 12.6. The maximum absolute atomic E-state index is 12.7. The fourth-order valence-electron chi connectivity index (χ4n) is 2.60. The molecule has 1 fully saturated rings. The largest absolute Gasteiger partial charge is 0.397 e. The summed E-state index contributed by atoms with van der Waals surface area (Å²) in [4.78, 5) is 17.6. The Balaban J connectivity index is 1.91. The van der Waals surface area contributed by atoms with E-state index in [1.807, 2.05) is 29.2 Å². The van der Waals surface area contributed by atoms with Gasteiger partial charge in [-0.25, -0.2) is 0 Å². The Morgan fingerprint density at radius 1 is 1.35 bits per heavy atom. The molecule has 4 nitrogen and oxygen atoms in total. The van der Waals surface area contributed by atoms with Crippen molar-refractivity contribution in [2.75, 3.05) is 32.4 Å². The standard InChI is InChI=1S/C15H19N3OS/c1-10-9-18(8-7-17(10)2)15(19)14-13(16)11-5-3-4-6-12(11)20-14/h3-6,10H,7-9,16H2,1-2H3. The molecular formula is C15H19N3OS. The van der Waals surface area contributed by atoms with E-state index in [2.05, 4.69) is 18.9 Å². The number of carbonyl (C=O) groups is 1. The second kappa shape index (κ2) is 5.07. The third-order valence-corrected chi connectivity index (χ3v) is 5.25. The topological polar surface area (TPSA) is 49.6 Å². The first kappa shape index (κ1) is 13.4. The minimum atomic E-state index is 0.0728. The van der Waals surface area contributed by atoms with Gasteiger partial charge in [0.1, 0.15) is 4.88 Å². The molecule has 1 aromatic carbocycles. The predicted molar refractivity (Wildman–Crippen MR) is 84.2 cm³/mol. The Morgan fingerprint density at radius 3 is 2.80 bits per heavy atom. The molecule has 2 aromatic rings. The first-order valence-electron chi connectivity index (χ1n) is 6.84. The number of nitrogens with zero attached hydrogens (tertiary/aromatic N) is 2. The van der Waals surface area contributed by atoms with Crippen LogP contribution in [0.1, 0.15) is 16.6 Å². The van der Waals surface area contributed by atoms with E-state index in [4.69, 9.17) is 5.73 Å². The number of fused-ring (bicyclic) bond motifs is 1. The number of benzene rings is 1. The van der Waals surface area contributed by atoms with Crippen molar-refractivity contribution < 1.29 is 4.79 Å². The number of anilines is 1. The van der Waals surface area contributed by atoms with Gasteiger partial charge >= 0.3 is 0 Å². The van der Waals surface area contributed by atoms with E-state index in [-0.39, 0.29) is 5.91 Å². The van der Waals surface area contributed by atoms with Crippen molar-refractivity contribution in [2.24, 2.45) is 0 Å². The van der Waals surface area contributed by atoms with Crippen molar-refractivity contribution >= 4 is 33.0 Å². The SMILES string of the molecule is CC1CN(C(=O)c2sc3ccccc3c2N)CCN1C. The molecule has 0 aliphatic carbocycles. The number of likely N-dealkylation sites (N-methyl/N-ethyl adjacent to an activating group) is 1. The average molecular weight is 289 g/mol. The van der Waals surface area contributed by atoms with Gasteiger partial charge in [-0.05, 0) is 20.0 Å². The van der Waals surface area contributed by atoms with Crippen LogP contribution in [0.3, 0.4) is 0 Å². The van der Waals surface area contributed by atoms with Crippen LogP contribution in [0.2, 0.25) is 0 Å². The molecule has 1 aromatic heterocycles. The van der Waals surface area contributed by atoms with Gasteiger partial charge in [-0.2, -0.15) is 0 Å². The van der Waals surface area contributed by atoms with Crippen LogP contribution in [0.25, 0.3) is 10.1 Å². The molecule has 0 spiro atoms. The first-order valence-corrected chi connectivity index (χ1v) is 7.66. The summed E-state index contributed by atoms with van der Waals surface area (Å²) in [6.07, 6.45) is 0. The van der Waals surface area contributed by atoms with Gasteiger partial charge in [0.2, 0.25) is 0 Å². The van der Waals surface area contributed by atoms with Crippen molar-refractivity contribution in [1.82, 2.24) is 9.80 Å². The van der Waals surface area contributed by atoms with Crippen LogP contribution >= 0.6 is 11.3 Å². The number of carbonyl (C=O) groups excluding carboxylic acids is 1. The summed E-state index contributed by atoms with van der Waals surface area (Å²) in [5.41, 5.74) is 6.79. The van der Waals surface area contributed by atoms with Crippen molar-refractivity contribution in [2.45, 2.75) is 13.0 Å². The Hall–Kier alpha value is -1.59. The summed E-state index contributed by atoms with van der Waals surface area (Å²) in [5.74, 6) is 0.0728. The van der Waals surface area contributed by atoms with Crippen molar-refractivity contribution in [3.8, 4) is 0 Å². The summed E-state index contributed by atoms with van der Waals surface area (Å²) in [6.45, 7) is 4.60. The van der Waals surface area contributed by atoms with E-state index in [9.17, 15) is 4.79 Å². The minimum absolute atomic E-state index is 0.0728. The van der Waals surface area contributed by atoms with Gasteiger partial charge in [-0.15, -0.1) is 11.3 Å². The third-order valence-electron chi connectivity index (χ3n) is 4.08. The van der Waals surface area contributed by atoms with Gasteiger partial charge in [0.15, 0.2) is 0 Å². The summed E-state index contributed by atoms with van der Waals surface area (Å²) in [6, 6.07) is 8.31. The molecule has 20 heavy (non-hydrogen) atoms. The van der Waals surface area contributed by atoms with Crippen molar-refractivity contribution in [3.05, 3.63) is 29.1 Å². The van der Waals surface area contributed by atoms with E-state index in [1.54, 1.807) is 0 Å². The van der Waals surface area contributed by atoms with Gasteiger partial charge in [0, 0.05) is 35.8 Å². The number of thiophene rings is 1. The van der Waals surface area contributed by atoms with Crippen molar-refractivity contribution in [3.63, 3.8) is 0 Å². The molecule has 106 valence electrons. The molecule has 5 heteroatoms. The van der Waals surface area contributed by atoms with Gasteiger partial charge in [0.25, 0.3) is 5.91 Å². The number of piperazine rings is 1. The van der Waals surface area contributed by atoms with Crippen LogP contribution in [-0.4, -0.2) is 48.4 Å². The smallest absolute Gasteiger partial charge is 0.266 e. The first-order chi connectivity index (χ1) is 9.58. The second-order valence-corrected chi connectivity index (χ2v) is 6.47. The van der Waals surface area contributed by atoms with E-state index in [1.165, 1.54) is 11.3 Å². The van der Waals surface area contributed by atoms with Crippen LogP contribution in [0.5, 0.6) is 0 Å². The molecule has 1 aliphatic heterocycles. The molecule has 2 N–H and O–H groups in total. The lowest BCUT2D eigenvalue weighted by atomic mass is 10.2. The summed E-state index contributed by atoms with van der Waals surface area (Å²) >= 11 is 1.50. The zero-order valence-electron chi connectivity index (χ0n) is 11.8. The number of hydrogen-bond acceptors (Lipinski definition) is 4.